The van der Waals surface area contributed by atoms with E-state index in [1.807, 2.05) is 6.29 Å². The Morgan fingerprint density at radius 3 is 1.83 bits per heavy atom. The van der Waals surface area contributed by atoms with Gasteiger partial charge in [0, 0.05) is 6.42 Å². The van der Waals surface area contributed by atoms with Gasteiger partial charge in [-0.2, -0.15) is 0 Å². The zero-order valence-corrected chi connectivity index (χ0v) is 7.98. The first-order valence-electron chi connectivity index (χ1n) is 5.06. The van der Waals surface area contributed by atoms with Crippen molar-refractivity contribution < 1.29 is 4.79 Å². The van der Waals surface area contributed by atoms with Crippen LogP contribution in [0.4, 0.5) is 0 Å². The lowest BCUT2D eigenvalue weighted by Crippen LogP contribution is -1.81. The molecular formula is C11H20O. The van der Waals surface area contributed by atoms with Crippen molar-refractivity contribution in [2.24, 2.45) is 0 Å². The predicted octanol–water partition coefficient (Wildman–Crippen LogP) is 3.44. The van der Waals surface area contributed by atoms with Gasteiger partial charge in [0.1, 0.15) is 0 Å². The molecular weight excluding hydrogens is 148 g/mol. The minimum atomic E-state index is 0.624. The molecule has 0 heterocycles. The molecule has 0 saturated carbocycles. The molecule has 0 aliphatic rings. The van der Waals surface area contributed by atoms with Crippen molar-refractivity contribution in [1.29, 1.82) is 0 Å². The highest BCUT2D eigenvalue weighted by atomic mass is 16.1. The van der Waals surface area contributed by atoms with Crippen molar-refractivity contribution in [3.8, 4) is 0 Å². The Labute approximate surface area is 76.6 Å². The molecule has 0 saturated heterocycles. The fourth-order valence-electron chi connectivity index (χ4n) is 1.26. The minimum absolute atomic E-state index is 0.624. The molecule has 0 unspecified atom stereocenters. The van der Waals surface area contributed by atoms with Crippen LogP contribution in [0.15, 0.2) is 0 Å². The number of unbranched alkanes of at least 4 members (excludes halogenated alkanes) is 8. The zero-order chi connectivity index (χ0) is 9.07. The van der Waals surface area contributed by atoms with Crippen molar-refractivity contribution in [3.63, 3.8) is 0 Å². The van der Waals surface area contributed by atoms with E-state index < -0.39 is 0 Å². The van der Waals surface area contributed by atoms with Gasteiger partial charge >= 0.3 is 0 Å². The second-order valence-corrected chi connectivity index (χ2v) is 3.22. The zero-order valence-electron chi connectivity index (χ0n) is 7.98. The molecule has 0 amide bonds. The summed E-state index contributed by atoms with van der Waals surface area (Å²) in [6.07, 6.45) is 12.4. The van der Waals surface area contributed by atoms with E-state index in [1.165, 1.54) is 38.5 Å². The van der Waals surface area contributed by atoms with Gasteiger partial charge in [0.2, 0.25) is 0 Å². The van der Waals surface area contributed by atoms with E-state index in [2.05, 4.69) is 6.92 Å². The van der Waals surface area contributed by atoms with Crippen LogP contribution in [-0.4, -0.2) is 6.29 Å². The second kappa shape index (κ2) is 10.7. The first-order valence-corrected chi connectivity index (χ1v) is 5.06. The molecule has 0 aromatic rings. The van der Waals surface area contributed by atoms with Gasteiger partial charge in [0.15, 0.2) is 6.29 Å². The van der Waals surface area contributed by atoms with Gasteiger partial charge in [-0.25, -0.2) is 0 Å². The van der Waals surface area contributed by atoms with Gasteiger partial charge in [-0.1, -0.05) is 51.9 Å². The molecule has 0 spiro atoms. The maximum Gasteiger partial charge on any atom is 0.198 e. The molecule has 0 aliphatic carbocycles. The summed E-state index contributed by atoms with van der Waals surface area (Å²) < 4.78 is 0. The van der Waals surface area contributed by atoms with Gasteiger partial charge in [-0.15, -0.1) is 0 Å². The monoisotopic (exact) mass is 168 g/mol. The summed E-state index contributed by atoms with van der Waals surface area (Å²) in [6, 6.07) is 0. The van der Waals surface area contributed by atoms with Crippen LogP contribution in [0.2, 0.25) is 0 Å². The van der Waals surface area contributed by atoms with Gasteiger partial charge in [0.25, 0.3) is 0 Å². The third-order valence-electron chi connectivity index (χ3n) is 2.03. The predicted molar refractivity (Wildman–Crippen MR) is 52.6 cm³/mol. The first-order chi connectivity index (χ1) is 5.91. The molecule has 0 bridgehead atoms. The van der Waals surface area contributed by atoms with Crippen molar-refractivity contribution in [2.75, 3.05) is 0 Å². The molecule has 1 nitrogen and oxygen atoms in total. The Morgan fingerprint density at radius 1 is 0.833 bits per heavy atom. The SMILES string of the molecule is [CH2]CCCCCCCCC[C]=O. The van der Waals surface area contributed by atoms with Crippen LogP contribution >= 0.6 is 0 Å². The summed E-state index contributed by atoms with van der Waals surface area (Å²) in [6.45, 7) is 3.80. The average molecular weight is 168 g/mol. The molecule has 0 N–H and O–H groups in total. The van der Waals surface area contributed by atoms with E-state index in [1.54, 1.807) is 0 Å². The van der Waals surface area contributed by atoms with Crippen LogP contribution in [-0.2, 0) is 4.79 Å². The van der Waals surface area contributed by atoms with E-state index in [4.69, 9.17) is 0 Å². The summed E-state index contributed by atoms with van der Waals surface area (Å²) in [7, 11) is 0. The van der Waals surface area contributed by atoms with Gasteiger partial charge < -0.3 is 0 Å². The highest BCUT2D eigenvalue weighted by molar-refractivity contribution is 5.50. The molecule has 70 valence electrons. The van der Waals surface area contributed by atoms with E-state index in [0.29, 0.717) is 6.42 Å². The number of rotatable bonds is 9. The van der Waals surface area contributed by atoms with E-state index in [0.717, 1.165) is 12.8 Å². The van der Waals surface area contributed by atoms with Gasteiger partial charge in [-0.3, -0.25) is 4.79 Å². The van der Waals surface area contributed by atoms with Gasteiger partial charge in [-0.05, 0) is 6.42 Å². The normalized spacial score (nSPS) is 10.1. The smallest absolute Gasteiger partial charge is 0.198 e. The maximum absolute atomic E-state index is 9.85. The topological polar surface area (TPSA) is 17.1 Å². The summed E-state index contributed by atoms with van der Waals surface area (Å²) in [5, 5.41) is 0. The van der Waals surface area contributed by atoms with Crippen molar-refractivity contribution in [3.05, 3.63) is 6.92 Å². The standard InChI is InChI=1S/C11H20O/c1-2-3-4-5-6-7-8-9-10-11-12/h1-10H2. The Bertz CT molecular complexity index is 89.0. The fourth-order valence-corrected chi connectivity index (χ4v) is 1.26. The van der Waals surface area contributed by atoms with E-state index >= 15 is 0 Å². The van der Waals surface area contributed by atoms with E-state index in [9.17, 15) is 4.79 Å². The molecule has 12 heavy (non-hydrogen) atoms. The molecule has 0 aromatic carbocycles. The third-order valence-corrected chi connectivity index (χ3v) is 2.03. The van der Waals surface area contributed by atoms with Crippen LogP contribution in [0, 0.1) is 6.92 Å². The summed E-state index contributed by atoms with van der Waals surface area (Å²) >= 11 is 0. The van der Waals surface area contributed by atoms with Crippen molar-refractivity contribution in [2.45, 2.75) is 57.8 Å². The molecule has 1 heteroatoms. The fraction of sp³-hybridized carbons (Fsp3) is 0.818. The second-order valence-electron chi connectivity index (χ2n) is 3.22. The Hall–Kier alpha value is -0.330. The van der Waals surface area contributed by atoms with Gasteiger partial charge in [0.05, 0.1) is 0 Å². The Morgan fingerprint density at radius 2 is 1.33 bits per heavy atom. The Balaban J connectivity index is 2.77. The lowest BCUT2D eigenvalue weighted by molar-refractivity contribution is 0.540. The van der Waals surface area contributed by atoms with Crippen LogP contribution in [0.3, 0.4) is 0 Å². The molecule has 0 aliphatic heterocycles. The minimum Gasteiger partial charge on any atom is -0.291 e. The van der Waals surface area contributed by atoms with Crippen LogP contribution in [0.25, 0.3) is 0 Å². The van der Waals surface area contributed by atoms with Crippen LogP contribution in [0.5, 0.6) is 0 Å². The number of carbonyl (C=O) groups excluding carboxylic acids is 1. The molecule has 0 aromatic heterocycles. The quantitative estimate of drug-likeness (QED) is 0.482. The molecule has 0 fully saturated rings. The van der Waals surface area contributed by atoms with E-state index in [-0.39, 0.29) is 0 Å². The summed E-state index contributed by atoms with van der Waals surface area (Å²) in [4.78, 5) is 9.85. The van der Waals surface area contributed by atoms with Crippen molar-refractivity contribution >= 4 is 6.29 Å². The third kappa shape index (κ3) is 9.67. The summed E-state index contributed by atoms with van der Waals surface area (Å²) in [5.41, 5.74) is 0. The Kier molecular flexibility index (Phi) is 10.4. The molecule has 0 atom stereocenters. The molecule has 0 rings (SSSR count). The lowest BCUT2D eigenvalue weighted by Gasteiger charge is -1.98. The number of hydrogen-bond acceptors (Lipinski definition) is 1. The first kappa shape index (κ1) is 11.7. The highest BCUT2D eigenvalue weighted by Gasteiger charge is 1.90. The number of hydrogen-bond donors (Lipinski definition) is 0. The molecule has 2 radical (unpaired) electrons. The largest absolute Gasteiger partial charge is 0.291 e. The lowest BCUT2D eigenvalue weighted by atomic mass is 10.1. The summed E-state index contributed by atoms with van der Waals surface area (Å²) in [5.74, 6) is 0. The van der Waals surface area contributed by atoms with Crippen LogP contribution < -0.4 is 0 Å². The highest BCUT2D eigenvalue weighted by Crippen LogP contribution is 2.08. The maximum atomic E-state index is 9.85. The average Bonchev–Trinajstić information content (AvgIpc) is 2.10. The van der Waals surface area contributed by atoms with Crippen molar-refractivity contribution in [1.82, 2.24) is 0 Å². The van der Waals surface area contributed by atoms with Crippen LogP contribution in [0.1, 0.15) is 57.8 Å².